The van der Waals surface area contributed by atoms with E-state index in [-0.39, 0.29) is 10.7 Å². The van der Waals surface area contributed by atoms with Crippen molar-refractivity contribution in [3.63, 3.8) is 0 Å². The van der Waals surface area contributed by atoms with Gasteiger partial charge in [-0.2, -0.15) is 0 Å². The lowest BCUT2D eigenvalue weighted by atomic mass is 10.3. The van der Waals surface area contributed by atoms with Crippen LogP contribution in [0, 0.1) is 0 Å². The Bertz CT molecular complexity index is 353. The van der Waals surface area contributed by atoms with E-state index in [0.717, 1.165) is 0 Å². The van der Waals surface area contributed by atoms with Crippen molar-refractivity contribution in [3.8, 4) is 0 Å². The Morgan fingerprint density at radius 2 is 2.14 bits per heavy atom. The van der Waals surface area contributed by atoms with Gasteiger partial charge in [0.2, 0.25) is 0 Å². The summed E-state index contributed by atoms with van der Waals surface area (Å²) in [5.74, 6) is 0.218. The quantitative estimate of drug-likeness (QED) is 0.554. The molecule has 5 heteroatoms. The van der Waals surface area contributed by atoms with Gasteiger partial charge in [0.25, 0.3) is 0 Å². The van der Waals surface area contributed by atoms with Gasteiger partial charge in [0.1, 0.15) is 11.0 Å². The van der Waals surface area contributed by atoms with Crippen LogP contribution in [-0.4, -0.2) is 32.2 Å². The average molecular weight is 215 g/mol. The minimum Gasteiger partial charge on any atom is -0.465 e. The molecular weight excluding hydrogens is 204 g/mol. The van der Waals surface area contributed by atoms with E-state index < -0.39 is 5.97 Å². The van der Waals surface area contributed by atoms with Crippen LogP contribution in [0.5, 0.6) is 0 Å². The number of pyridine rings is 1. The Hall–Kier alpha value is -1.29. The van der Waals surface area contributed by atoms with Gasteiger partial charge in [-0.3, -0.25) is 0 Å². The molecule has 0 bridgehead atoms. The Kier molecular flexibility index (Phi) is 3.30. The predicted molar refractivity (Wildman–Crippen MR) is 54.9 cm³/mol. The van der Waals surface area contributed by atoms with E-state index >= 15 is 0 Å². The highest BCUT2D eigenvalue weighted by atomic mass is 35.5. The van der Waals surface area contributed by atoms with Gasteiger partial charge in [0.15, 0.2) is 0 Å². The molecule has 0 amide bonds. The van der Waals surface area contributed by atoms with Crippen LogP contribution in [0.15, 0.2) is 12.1 Å². The van der Waals surface area contributed by atoms with E-state index in [0.29, 0.717) is 5.82 Å². The normalized spacial score (nSPS) is 9.71. The fourth-order valence-corrected chi connectivity index (χ4v) is 1.16. The molecule has 0 aliphatic heterocycles. The van der Waals surface area contributed by atoms with E-state index in [9.17, 15) is 4.79 Å². The van der Waals surface area contributed by atoms with E-state index in [1.54, 1.807) is 17.0 Å². The molecule has 0 aromatic carbocycles. The standard InChI is InChI=1S/C9H11ClN2O2/c1-12(2)7-5-4-6(8(10)11-7)9(13)14-3/h4-5H,1-3H3. The molecule has 0 spiro atoms. The van der Waals surface area contributed by atoms with Gasteiger partial charge in [-0.25, -0.2) is 9.78 Å². The summed E-state index contributed by atoms with van der Waals surface area (Å²) in [7, 11) is 4.99. The summed E-state index contributed by atoms with van der Waals surface area (Å²) in [6.07, 6.45) is 0. The first-order valence-corrected chi connectivity index (χ1v) is 4.36. The first-order chi connectivity index (χ1) is 6.56. The first-order valence-electron chi connectivity index (χ1n) is 3.98. The van der Waals surface area contributed by atoms with Crippen LogP contribution in [0.2, 0.25) is 5.15 Å². The molecule has 1 heterocycles. The second-order valence-corrected chi connectivity index (χ2v) is 3.25. The van der Waals surface area contributed by atoms with E-state index in [1.807, 2.05) is 14.1 Å². The number of halogens is 1. The lowest BCUT2D eigenvalue weighted by Gasteiger charge is -2.11. The second-order valence-electron chi connectivity index (χ2n) is 2.89. The topological polar surface area (TPSA) is 42.4 Å². The molecule has 0 aliphatic carbocycles. The Labute approximate surface area is 87.4 Å². The summed E-state index contributed by atoms with van der Waals surface area (Å²) in [6.45, 7) is 0. The first kappa shape index (κ1) is 10.8. The van der Waals surface area contributed by atoms with Crippen molar-refractivity contribution >= 4 is 23.4 Å². The summed E-state index contributed by atoms with van der Waals surface area (Å²) < 4.78 is 4.54. The van der Waals surface area contributed by atoms with Gasteiger partial charge in [-0.1, -0.05) is 11.6 Å². The fraction of sp³-hybridized carbons (Fsp3) is 0.333. The number of aromatic nitrogens is 1. The van der Waals surface area contributed by atoms with Crippen LogP contribution in [0.3, 0.4) is 0 Å². The fourth-order valence-electron chi connectivity index (χ4n) is 0.936. The van der Waals surface area contributed by atoms with Crippen LogP contribution in [0.1, 0.15) is 10.4 Å². The minimum atomic E-state index is -0.479. The summed E-state index contributed by atoms with van der Waals surface area (Å²) in [5.41, 5.74) is 0.278. The third kappa shape index (κ3) is 2.14. The molecule has 0 N–H and O–H groups in total. The van der Waals surface area contributed by atoms with Crippen molar-refractivity contribution < 1.29 is 9.53 Å². The number of methoxy groups -OCH3 is 1. The molecule has 0 saturated heterocycles. The number of carbonyl (C=O) groups is 1. The number of rotatable bonds is 2. The highest BCUT2D eigenvalue weighted by Gasteiger charge is 2.12. The Morgan fingerprint density at radius 3 is 2.57 bits per heavy atom. The summed E-state index contributed by atoms with van der Waals surface area (Å²) in [5, 5.41) is 0.156. The van der Waals surface area contributed by atoms with E-state index in [1.165, 1.54) is 7.11 Å². The van der Waals surface area contributed by atoms with Crippen LogP contribution in [0.25, 0.3) is 0 Å². The van der Waals surface area contributed by atoms with Crippen LogP contribution in [-0.2, 0) is 4.74 Å². The smallest absolute Gasteiger partial charge is 0.341 e. The Balaban J connectivity index is 3.07. The molecule has 0 atom stereocenters. The molecule has 1 aromatic rings. The molecule has 0 saturated carbocycles. The maximum absolute atomic E-state index is 11.2. The number of anilines is 1. The number of hydrogen-bond acceptors (Lipinski definition) is 4. The summed E-state index contributed by atoms with van der Waals surface area (Å²) >= 11 is 5.81. The predicted octanol–water partition coefficient (Wildman–Crippen LogP) is 1.59. The van der Waals surface area contributed by atoms with E-state index in [2.05, 4.69) is 9.72 Å². The van der Waals surface area contributed by atoms with Crippen molar-refractivity contribution in [2.24, 2.45) is 0 Å². The number of hydrogen-bond donors (Lipinski definition) is 0. The summed E-state index contributed by atoms with van der Waals surface area (Å²) in [6, 6.07) is 3.30. The van der Waals surface area contributed by atoms with Crippen molar-refractivity contribution in [3.05, 3.63) is 22.8 Å². The lowest BCUT2D eigenvalue weighted by molar-refractivity contribution is 0.0600. The van der Waals surface area contributed by atoms with Gasteiger partial charge < -0.3 is 9.64 Å². The second kappa shape index (κ2) is 4.28. The molecule has 4 nitrogen and oxygen atoms in total. The average Bonchev–Trinajstić information content (AvgIpc) is 2.16. The number of carbonyl (C=O) groups excluding carboxylic acids is 1. The number of ether oxygens (including phenoxy) is 1. The molecule has 1 rings (SSSR count). The molecule has 76 valence electrons. The Morgan fingerprint density at radius 1 is 1.50 bits per heavy atom. The van der Waals surface area contributed by atoms with Gasteiger partial charge in [0, 0.05) is 14.1 Å². The monoisotopic (exact) mass is 214 g/mol. The number of esters is 1. The highest BCUT2D eigenvalue weighted by molar-refractivity contribution is 6.32. The van der Waals surface area contributed by atoms with Crippen molar-refractivity contribution in [1.29, 1.82) is 0 Å². The maximum Gasteiger partial charge on any atom is 0.341 e. The highest BCUT2D eigenvalue weighted by Crippen LogP contribution is 2.18. The molecular formula is C9H11ClN2O2. The molecule has 14 heavy (non-hydrogen) atoms. The van der Waals surface area contributed by atoms with Crippen molar-refractivity contribution in [2.75, 3.05) is 26.1 Å². The zero-order valence-electron chi connectivity index (χ0n) is 8.24. The lowest BCUT2D eigenvalue weighted by Crippen LogP contribution is -2.12. The van der Waals surface area contributed by atoms with E-state index in [4.69, 9.17) is 11.6 Å². The molecule has 0 aliphatic rings. The maximum atomic E-state index is 11.2. The molecule has 0 unspecified atom stereocenters. The van der Waals surface area contributed by atoms with Crippen molar-refractivity contribution in [1.82, 2.24) is 4.98 Å². The minimum absolute atomic E-state index is 0.156. The van der Waals surface area contributed by atoms with Gasteiger partial charge in [0.05, 0.1) is 12.7 Å². The SMILES string of the molecule is COC(=O)c1ccc(N(C)C)nc1Cl. The zero-order valence-corrected chi connectivity index (χ0v) is 9.00. The van der Waals surface area contributed by atoms with Crippen LogP contribution in [0.4, 0.5) is 5.82 Å². The van der Waals surface area contributed by atoms with Gasteiger partial charge in [-0.15, -0.1) is 0 Å². The summed E-state index contributed by atoms with van der Waals surface area (Å²) in [4.78, 5) is 17.0. The third-order valence-electron chi connectivity index (χ3n) is 1.70. The molecule has 0 radical (unpaired) electrons. The van der Waals surface area contributed by atoms with Gasteiger partial charge >= 0.3 is 5.97 Å². The largest absolute Gasteiger partial charge is 0.465 e. The van der Waals surface area contributed by atoms with Crippen LogP contribution < -0.4 is 4.90 Å². The molecule has 1 aromatic heterocycles. The zero-order chi connectivity index (χ0) is 10.7. The third-order valence-corrected chi connectivity index (χ3v) is 1.99. The number of nitrogens with zero attached hydrogens (tertiary/aromatic N) is 2. The van der Waals surface area contributed by atoms with Crippen molar-refractivity contribution in [2.45, 2.75) is 0 Å². The molecule has 0 fully saturated rings. The van der Waals surface area contributed by atoms with Gasteiger partial charge in [-0.05, 0) is 12.1 Å². The van der Waals surface area contributed by atoms with Crippen LogP contribution >= 0.6 is 11.6 Å².